The molecule has 0 saturated heterocycles. The summed E-state index contributed by atoms with van der Waals surface area (Å²) < 4.78 is 0.789. The third kappa shape index (κ3) is 7.31. The number of unbranched alkanes of at least 4 members (excludes halogenated alkanes) is 3. The van der Waals surface area contributed by atoms with Crippen LogP contribution >= 0.6 is 0 Å². The Kier molecular flexibility index (Phi) is 9.90. The van der Waals surface area contributed by atoms with Gasteiger partial charge in [-0.15, -0.1) is 0 Å². The fourth-order valence-electron chi connectivity index (χ4n) is 2.56. The van der Waals surface area contributed by atoms with Crippen molar-refractivity contribution in [3.63, 3.8) is 0 Å². The Morgan fingerprint density at radius 3 is 1.71 bits per heavy atom. The van der Waals surface area contributed by atoms with E-state index >= 15 is 0 Å². The first kappa shape index (κ1) is 15.0. The molecule has 0 aromatic rings. The van der Waals surface area contributed by atoms with Gasteiger partial charge in [0.15, 0.2) is 0 Å². The molecule has 0 atom stereocenters. The topological polar surface area (TPSA) is 0 Å². The molecule has 80 valence electrons. The van der Waals surface area contributed by atoms with E-state index in [1.165, 1.54) is 85.7 Å². The fourth-order valence-corrected chi connectivity index (χ4v) is 3.91. The van der Waals surface area contributed by atoms with Gasteiger partial charge in [0.25, 0.3) is 0 Å². The Morgan fingerprint density at radius 1 is 0.714 bits per heavy atom. The van der Waals surface area contributed by atoms with Crippen LogP contribution in [0.4, 0.5) is 0 Å². The zero-order valence-corrected chi connectivity index (χ0v) is 12.9. The van der Waals surface area contributed by atoms with Crippen LogP contribution in [0.25, 0.3) is 0 Å². The van der Waals surface area contributed by atoms with Gasteiger partial charge in [0.2, 0.25) is 0 Å². The molecule has 0 fully saturated rings. The van der Waals surface area contributed by atoms with Gasteiger partial charge in [-0.05, 0) is 0 Å². The van der Waals surface area contributed by atoms with E-state index in [1.807, 2.05) is 0 Å². The molecule has 0 aliphatic rings. The molecule has 0 radical (unpaired) electrons. The third-order valence-corrected chi connectivity index (χ3v) is 4.84. The molecule has 0 aliphatic heterocycles. The maximum atomic E-state index is 2.34. The van der Waals surface area contributed by atoms with E-state index in [9.17, 15) is 0 Å². The van der Waals surface area contributed by atoms with Crippen molar-refractivity contribution in [3.8, 4) is 0 Å². The first-order chi connectivity index (χ1) is 6.68. The SMILES string of the molecule is CCCCCC[C]([Na])(CCC)CCC. The number of hydrogen-bond acceptors (Lipinski definition) is 0. The zero-order valence-electron chi connectivity index (χ0n) is 10.9. The Balaban J connectivity index is 3.71. The average Bonchev–Trinajstić information content (AvgIpc) is 2.13. The van der Waals surface area contributed by atoms with Crippen LogP contribution in [-0.4, -0.2) is 27.9 Å². The van der Waals surface area contributed by atoms with Crippen molar-refractivity contribution in [2.75, 3.05) is 0 Å². The van der Waals surface area contributed by atoms with E-state index in [4.69, 9.17) is 0 Å². The summed E-state index contributed by atoms with van der Waals surface area (Å²) in [5, 5.41) is 0. The van der Waals surface area contributed by atoms with Gasteiger partial charge in [0.1, 0.15) is 0 Å². The first-order valence-corrected chi connectivity index (χ1v) is 7.68. The summed E-state index contributed by atoms with van der Waals surface area (Å²) in [7, 11) is 0. The van der Waals surface area contributed by atoms with Gasteiger partial charge in [-0.3, -0.25) is 0 Å². The van der Waals surface area contributed by atoms with Crippen molar-refractivity contribution < 1.29 is 0 Å². The van der Waals surface area contributed by atoms with Crippen LogP contribution < -0.4 is 0 Å². The van der Waals surface area contributed by atoms with Crippen LogP contribution in [0.1, 0.15) is 78.6 Å². The summed E-state index contributed by atoms with van der Waals surface area (Å²) in [6.45, 7) is 6.98. The summed E-state index contributed by atoms with van der Waals surface area (Å²) in [6.07, 6.45) is 13.0. The van der Waals surface area contributed by atoms with E-state index in [-0.39, 0.29) is 0 Å². The quantitative estimate of drug-likeness (QED) is 0.372. The van der Waals surface area contributed by atoms with Crippen LogP contribution in [0.5, 0.6) is 0 Å². The maximum absolute atomic E-state index is 2.34. The molecule has 0 heterocycles. The predicted molar refractivity (Wildman–Crippen MR) is 67.0 cm³/mol. The van der Waals surface area contributed by atoms with Crippen molar-refractivity contribution in [2.24, 2.45) is 0 Å². The van der Waals surface area contributed by atoms with Gasteiger partial charge in [-0.25, -0.2) is 0 Å². The van der Waals surface area contributed by atoms with Crippen LogP contribution in [0.15, 0.2) is 0 Å². The minimum absolute atomic E-state index is 0.789. The van der Waals surface area contributed by atoms with Gasteiger partial charge in [-0.1, -0.05) is 0 Å². The summed E-state index contributed by atoms with van der Waals surface area (Å²) in [5.74, 6) is 0. The summed E-state index contributed by atoms with van der Waals surface area (Å²) in [5.41, 5.74) is 0. The Hall–Kier alpha value is 1.00. The molecule has 14 heavy (non-hydrogen) atoms. The van der Waals surface area contributed by atoms with Gasteiger partial charge >= 0.3 is 109 Å². The Morgan fingerprint density at radius 2 is 1.29 bits per heavy atom. The van der Waals surface area contributed by atoms with Crippen molar-refractivity contribution in [1.29, 1.82) is 0 Å². The van der Waals surface area contributed by atoms with Crippen molar-refractivity contribution in [3.05, 3.63) is 0 Å². The third-order valence-electron chi connectivity index (χ3n) is 3.34. The number of rotatable bonds is 9. The normalized spacial score (nSPS) is 12.1. The average molecular weight is 206 g/mol. The Labute approximate surface area is 109 Å². The second-order valence-corrected chi connectivity index (χ2v) is 7.24. The van der Waals surface area contributed by atoms with Crippen molar-refractivity contribution in [1.82, 2.24) is 0 Å². The van der Waals surface area contributed by atoms with E-state index in [0.29, 0.717) is 0 Å². The van der Waals surface area contributed by atoms with Crippen LogP contribution in [-0.2, 0) is 0 Å². The van der Waals surface area contributed by atoms with E-state index in [1.54, 1.807) is 0 Å². The molecular weight excluding hydrogens is 179 g/mol. The van der Waals surface area contributed by atoms with Crippen LogP contribution in [0.2, 0.25) is 2.66 Å². The van der Waals surface area contributed by atoms with E-state index < -0.39 is 0 Å². The van der Waals surface area contributed by atoms with Crippen LogP contribution in [0, 0.1) is 0 Å². The van der Waals surface area contributed by atoms with Crippen molar-refractivity contribution >= 4 is 27.9 Å². The first-order valence-electron chi connectivity index (χ1n) is 6.68. The standard InChI is InChI=1S/C13H27.Na/c1-4-7-8-9-12-13(10-5-2)11-6-3;/h4-12H2,1-3H3;. The molecule has 0 N–H and O–H groups in total. The molecule has 0 aromatic heterocycles. The minimum atomic E-state index is 0.789. The molecule has 0 aliphatic carbocycles. The molecule has 0 saturated carbocycles. The Bertz CT molecular complexity index is 114. The molecule has 0 amide bonds. The molecular formula is C13H27Na. The summed E-state index contributed by atoms with van der Waals surface area (Å²) >= 11 is 1.41. The second kappa shape index (κ2) is 9.24. The molecule has 0 bridgehead atoms. The summed E-state index contributed by atoms with van der Waals surface area (Å²) in [4.78, 5) is 0. The molecule has 0 aromatic carbocycles. The number of hydrogen-bond donors (Lipinski definition) is 0. The van der Waals surface area contributed by atoms with E-state index in [2.05, 4.69) is 20.8 Å². The van der Waals surface area contributed by atoms with Gasteiger partial charge in [-0.2, -0.15) is 0 Å². The molecule has 1 heteroatoms. The monoisotopic (exact) mass is 206 g/mol. The predicted octanol–water partition coefficient (Wildman–Crippen LogP) is 4.88. The zero-order chi connectivity index (χ0) is 10.9. The summed E-state index contributed by atoms with van der Waals surface area (Å²) in [6, 6.07) is 0. The van der Waals surface area contributed by atoms with E-state index in [0.717, 1.165) is 2.66 Å². The molecule has 0 spiro atoms. The molecule has 0 unspecified atom stereocenters. The second-order valence-electron chi connectivity index (χ2n) is 5.12. The van der Waals surface area contributed by atoms with Crippen LogP contribution in [0.3, 0.4) is 0 Å². The fraction of sp³-hybridized carbons (Fsp3) is 1.00. The van der Waals surface area contributed by atoms with Gasteiger partial charge < -0.3 is 0 Å². The molecule has 0 rings (SSSR count). The van der Waals surface area contributed by atoms with Gasteiger partial charge in [0, 0.05) is 0 Å². The molecule has 0 nitrogen and oxygen atoms in total. The van der Waals surface area contributed by atoms with Crippen molar-refractivity contribution in [2.45, 2.75) is 81.2 Å². The van der Waals surface area contributed by atoms with Gasteiger partial charge in [0.05, 0.1) is 0 Å².